The van der Waals surface area contributed by atoms with E-state index in [1.165, 1.54) is 6.07 Å². The van der Waals surface area contributed by atoms with Crippen LogP contribution in [-0.2, 0) is 11.3 Å². The molecule has 1 aromatic heterocycles. The quantitative estimate of drug-likeness (QED) is 0.745. The highest BCUT2D eigenvalue weighted by atomic mass is 16.5. The van der Waals surface area contributed by atoms with Crippen LogP contribution in [0.1, 0.15) is 20.3 Å². The predicted molar refractivity (Wildman–Crippen MR) is 65.4 cm³/mol. The molecule has 0 saturated heterocycles. The zero-order chi connectivity index (χ0) is 12.0. The Morgan fingerprint density at radius 1 is 1.38 bits per heavy atom. The summed E-state index contributed by atoms with van der Waals surface area (Å²) >= 11 is 0. The maximum Gasteiger partial charge on any atom is 0.250 e. The Morgan fingerprint density at radius 3 is 2.81 bits per heavy atom. The summed E-state index contributed by atoms with van der Waals surface area (Å²) in [5.41, 5.74) is 6.16. The summed E-state index contributed by atoms with van der Waals surface area (Å²) in [5, 5.41) is 0. The Hall–Kier alpha value is -1.29. The Morgan fingerprint density at radius 2 is 2.12 bits per heavy atom. The smallest absolute Gasteiger partial charge is 0.250 e. The number of ether oxygens (including phenoxy) is 1. The van der Waals surface area contributed by atoms with Crippen molar-refractivity contribution in [3.63, 3.8) is 0 Å². The van der Waals surface area contributed by atoms with Crippen LogP contribution in [0.3, 0.4) is 0 Å². The van der Waals surface area contributed by atoms with Gasteiger partial charge in [0.2, 0.25) is 0 Å². The first-order valence-corrected chi connectivity index (χ1v) is 5.63. The minimum atomic E-state index is -0.0401. The summed E-state index contributed by atoms with van der Waals surface area (Å²) in [4.78, 5) is 11.4. The molecule has 16 heavy (non-hydrogen) atoms. The average molecular weight is 224 g/mol. The lowest BCUT2D eigenvalue weighted by molar-refractivity contribution is 0.115. The van der Waals surface area contributed by atoms with Crippen LogP contribution in [0.5, 0.6) is 0 Å². The van der Waals surface area contributed by atoms with E-state index in [1.807, 2.05) is 0 Å². The standard InChI is InChI=1S/C12H20N2O2/c1-10(2)5-7-16-8-6-14-9-11(13)3-4-12(14)15/h3-4,9-10H,5-8,13H2,1-2H3. The Balaban J connectivity index is 2.32. The second-order valence-corrected chi connectivity index (χ2v) is 4.29. The average Bonchev–Trinajstić information content (AvgIpc) is 2.22. The van der Waals surface area contributed by atoms with Crippen LogP contribution in [0.15, 0.2) is 23.1 Å². The van der Waals surface area contributed by atoms with E-state index in [0.717, 1.165) is 13.0 Å². The molecule has 0 fully saturated rings. The summed E-state index contributed by atoms with van der Waals surface area (Å²) in [6, 6.07) is 3.09. The Labute approximate surface area is 96.0 Å². The van der Waals surface area contributed by atoms with Gasteiger partial charge in [-0.05, 0) is 18.4 Å². The van der Waals surface area contributed by atoms with E-state index < -0.39 is 0 Å². The third-order valence-electron chi connectivity index (χ3n) is 2.32. The van der Waals surface area contributed by atoms with Crippen molar-refractivity contribution < 1.29 is 4.74 Å². The number of rotatable bonds is 6. The molecule has 0 aliphatic heterocycles. The molecule has 0 radical (unpaired) electrons. The zero-order valence-corrected chi connectivity index (χ0v) is 9.98. The number of hydrogen-bond donors (Lipinski definition) is 1. The van der Waals surface area contributed by atoms with E-state index in [0.29, 0.717) is 24.8 Å². The number of nitrogens with two attached hydrogens (primary N) is 1. The first-order chi connectivity index (χ1) is 7.59. The second kappa shape index (κ2) is 6.33. The molecule has 0 atom stereocenters. The van der Waals surface area contributed by atoms with E-state index in [-0.39, 0.29) is 5.56 Å². The fraction of sp³-hybridized carbons (Fsp3) is 0.583. The van der Waals surface area contributed by atoms with Crippen molar-refractivity contribution in [2.24, 2.45) is 5.92 Å². The predicted octanol–water partition coefficient (Wildman–Crippen LogP) is 1.49. The minimum Gasteiger partial charge on any atom is -0.398 e. The van der Waals surface area contributed by atoms with E-state index >= 15 is 0 Å². The van der Waals surface area contributed by atoms with E-state index in [9.17, 15) is 4.79 Å². The summed E-state index contributed by atoms with van der Waals surface area (Å²) < 4.78 is 7.02. The normalized spacial score (nSPS) is 10.9. The number of aromatic nitrogens is 1. The van der Waals surface area contributed by atoms with Crippen molar-refractivity contribution in [3.05, 3.63) is 28.7 Å². The topological polar surface area (TPSA) is 57.2 Å². The molecule has 0 spiro atoms. The molecule has 0 saturated carbocycles. The highest BCUT2D eigenvalue weighted by molar-refractivity contribution is 5.33. The molecule has 0 unspecified atom stereocenters. The molecule has 1 rings (SSSR count). The molecule has 0 aromatic carbocycles. The molecule has 4 nitrogen and oxygen atoms in total. The number of pyridine rings is 1. The van der Waals surface area contributed by atoms with Gasteiger partial charge in [0, 0.05) is 31.1 Å². The Kier molecular flexibility index (Phi) is 5.05. The third-order valence-corrected chi connectivity index (χ3v) is 2.32. The van der Waals surface area contributed by atoms with Gasteiger partial charge in [-0.1, -0.05) is 13.8 Å². The minimum absolute atomic E-state index is 0.0401. The van der Waals surface area contributed by atoms with Gasteiger partial charge in [-0.2, -0.15) is 0 Å². The van der Waals surface area contributed by atoms with Gasteiger partial charge in [0.05, 0.1) is 6.61 Å². The van der Waals surface area contributed by atoms with Gasteiger partial charge >= 0.3 is 0 Å². The number of hydrogen-bond acceptors (Lipinski definition) is 3. The highest BCUT2D eigenvalue weighted by Crippen LogP contribution is 1.99. The number of nitrogens with zero attached hydrogens (tertiary/aromatic N) is 1. The van der Waals surface area contributed by atoms with Crippen molar-refractivity contribution in [3.8, 4) is 0 Å². The van der Waals surface area contributed by atoms with Gasteiger partial charge < -0.3 is 15.0 Å². The van der Waals surface area contributed by atoms with Gasteiger partial charge in [0.25, 0.3) is 5.56 Å². The van der Waals surface area contributed by atoms with Crippen LogP contribution in [-0.4, -0.2) is 17.8 Å². The fourth-order valence-electron chi connectivity index (χ4n) is 1.31. The van der Waals surface area contributed by atoms with Crippen LogP contribution in [0.4, 0.5) is 5.69 Å². The van der Waals surface area contributed by atoms with E-state index in [2.05, 4.69) is 13.8 Å². The van der Waals surface area contributed by atoms with Crippen LogP contribution in [0, 0.1) is 5.92 Å². The maximum atomic E-state index is 11.4. The van der Waals surface area contributed by atoms with Crippen molar-refractivity contribution in [2.75, 3.05) is 18.9 Å². The molecule has 0 bridgehead atoms. The zero-order valence-electron chi connectivity index (χ0n) is 9.98. The van der Waals surface area contributed by atoms with Crippen LogP contribution in [0.2, 0.25) is 0 Å². The summed E-state index contributed by atoms with van der Waals surface area (Å²) in [7, 11) is 0. The summed E-state index contributed by atoms with van der Waals surface area (Å²) in [6.45, 7) is 6.17. The van der Waals surface area contributed by atoms with Gasteiger partial charge in [-0.15, -0.1) is 0 Å². The van der Waals surface area contributed by atoms with Gasteiger partial charge in [-0.3, -0.25) is 4.79 Å². The number of nitrogen functional groups attached to an aromatic ring is 1. The summed E-state index contributed by atoms with van der Waals surface area (Å²) in [6.07, 6.45) is 2.69. The van der Waals surface area contributed by atoms with E-state index in [1.54, 1.807) is 16.8 Å². The lowest BCUT2D eigenvalue weighted by Gasteiger charge is -2.08. The van der Waals surface area contributed by atoms with Gasteiger partial charge in [0.15, 0.2) is 0 Å². The monoisotopic (exact) mass is 224 g/mol. The van der Waals surface area contributed by atoms with Gasteiger partial charge in [-0.25, -0.2) is 0 Å². The molecule has 1 aromatic rings. The molecule has 4 heteroatoms. The molecular formula is C12H20N2O2. The largest absolute Gasteiger partial charge is 0.398 e. The highest BCUT2D eigenvalue weighted by Gasteiger charge is 1.97. The lowest BCUT2D eigenvalue weighted by atomic mass is 10.1. The van der Waals surface area contributed by atoms with Crippen molar-refractivity contribution in [1.29, 1.82) is 0 Å². The second-order valence-electron chi connectivity index (χ2n) is 4.29. The SMILES string of the molecule is CC(C)CCOCCn1cc(N)ccc1=O. The molecule has 0 aliphatic rings. The molecule has 0 amide bonds. The molecular weight excluding hydrogens is 204 g/mol. The third kappa shape index (κ3) is 4.49. The maximum absolute atomic E-state index is 11.4. The lowest BCUT2D eigenvalue weighted by Crippen LogP contribution is -2.21. The van der Waals surface area contributed by atoms with E-state index in [4.69, 9.17) is 10.5 Å². The van der Waals surface area contributed by atoms with Gasteiger partial charge in [0.1, 0.15) is 0 Å². The number of anilines is 1. The fourth-order valence-corrected chi connectivity index (χ4v) is 1.31. The van der Waals surface area contributed by atoms with Crippen molar-refractivity contribution >= 4 is 5.69 Å². The van der Waals surface area contributed by atoms with Crippen LogP contribution < -0.4 is 11.3 Å². The Bertz CT molecular complexity index is 372. The molecule has 90 valence electrons. The first-order valence-electron chi connectivity index (χ1n) is 5.63. The first kappa shape index (κ1) is 12.8. The van der Waals surface area contributed by atoms with Crippen LogP contribution >= 0.6 is 0 Å². The van der Waals surface area contributed by atoms with Crippen molar-refractivity contribution in [1.82, 2.24) is 4.57 Å². The summed E-state index contributed by atoms with van der Waals surface area (Å²) in [5.74, 6) is 0.648. The molecule has 2 N–H and O–H groups in total. The van der Waals surface area contributed by atoms with Crippen molar-refractivity contribution in [2.45, 2.75) is 26.8 Å². The van der Waals surface area contributed by atoms with Crippen LogP contribution in [0.25, 0.3) is 0 Å². The molecule has 0 aliphatic carbocycles. The molecule has 1 heterocycles.